The topological polar surface area (TPSA) is 55.4 Å². The van der Waals surface area contributed by atoms with Crippen molar-refractivity contribution in [2.45, 2.75) is 13.8 Å². The van der Waals surface area contributed by atoms with Crippen LogP contribution in [0, 0.1) is 5.92 Å². The first-order valence-electron chi connectivity index (χ1n) is 3.72. The number of Topliss-reactive ketones (excluding diaryl/α,β-unsaturated/α-hetero) is 1. The molecule has 0 aromatic rings. The summed E-state index contributed by atoms with van der Waals surface area (Å²) in [5, 5.41) is 0. The highest BCUT2D eigenvalue weighted by atomic mass is 16.1. The van der Waals surface area contributed by atoms with Crippen LogP contribution in [-0.4, -0.2) is 12.0 Å². The van der Waals surface area contributed by atoms with Crippen LogP contribution in [0.2, 0.25) is 0 Å². The summed E-state index contributed by atoms with van der Waals surface area (Å²) >= 11 is 0. The highest BCUT2D eigenvalue weighted by molar-refractivity contribution is 6.13. The third kappa shape index (κ3) is 3.71. The Hall–Kier alpha value is -1.38. The van der Waals surface area contributed by atoms with Gasteiger partial charge in [-0.05, 0) is 0 Å². The Labute approximate surface area is 72.7 Å². The van der Waals surface area contributed by atoms with Crippen LogP contribution >= 0.6 is 0 Å². The minimum atomic E-state index is -0.0363. The number of nitrogens with two attached hydrogens (primary N) is 1. The van der Waals surface area contributed by atoms with E-state index in [1.807, 2.05) is 13.8 Å². The largest absolute Gasteiger partial charge is 0.403 e. The fraction of sp³-hybridized carbons (Fsp3) is 0.333. The second-order valence-corrected chi connectivity index (χ2v) is 2.66. The van der Waals surface area contributed by atoms with E-state index in [4.69, 9.17) is 5.73 Å². The van der Waals surface area contributed by atoms with E-state index in [9.17, 15) is 4.79 Å². The lowest BCUT2D eigenvalue weighted by Gasteiger charge is -2.00. The van der Waals surface area contributed by atoms with Crippen molar-refractivity contribution in [2.75, 3.05) is 0 Å². The summed E-state index contributed by atoms with van der Waals surface area (Å²) in [7, 11) is 0. The van der Waals surface area contributed by atoms with E-state index in [-0.39, 0.29) is 11.7 Å². The Morgan fingerprint density at radius 1 is 1.58 bits per heavy atom. The summed E-state index contributed by atoms with van der Waals surface area (Å²) in [6, 6.07) is 0. The molecule has 3 nitrogen and oxygen atoms in total. The van der Waals surface area contributed by atoms with Gasteiger partial charge in [0.05, 0.1) is 0 Å². The van der Waals surface area contributed by atoms with Gasteiger partial charge in [0.1, 0.15) is 0 Å². The SMILES string of the molecule is C=C(C=N/C=C\N)C(=O)C(C)C. The second-order valence-electron chi connectivity index (χ2n) is 2.66. The molecule has 0 heterocycles. The molecule has 0 saturated carbocycles. The molecule has 0 unspecified atom stereocenters. The maximum Gasteiger partial charge on any atom is 0.166 e. The van der Waals surface area contributed by atoms with Crippen molar-refractivity contribution < 1.29 is 4.79 Å². The van der Waals surface area contributed by atoms with Crippen LogP contribution in [0.1, 0.15) is 13.8 Å². The minimum Gasteiger partial charge on any atom is -0.403 e. The number of hydrogen-bond donors (Lipinski definition) is 1. The summed E-state index contributed by atoms with van der Waals surface area (Å²) in [6.45, 7) is 7.21. The van der Waals surface area contributed by atoms with E-state index in [2.05, 4.69) is 11.6 Å². The van der Waals surface area contributed by atoms with Gasteiger partial charge in [0.15, 0.2) is 5.78 Å². The second kappa shape index (κ2) is 5.29. The normalized spacial score (nSPS) is 11.6. The van der Waals surface area contributed by atoms with Gasteiger partial charge in [0, 0.05) is 30.1 Å². The van der Waals surface area contributed by atoms with E-state index in [0.29, 0.717) is 5.57 Å². The molecule has 0 bridgehead atoms. The fourth-order valence-electron chi connectivity index (χ4n) is 0.617. The molecular weight excluding hydrogens is 152 g/mol. The Kier molecular flexibility index (Phi) is 4.69. The molecule has 0 fully saturated rings. The van der Waals surface area contributed by atoms with E-state index in [1.54, 1.807) is 0 Å². The molecular formula is C9H14N2O. The van der Waals surface area contributed by atoms with Gasteiger partial charge in [-0.25, -0.2) is 0 Å². The Morgan fingerprint density at radius 3 is 2.58 bits per heavy atom. The number of allylic oxidation sites excluding steroid dienone is 1. The predicted octanol–water partition coefficient (Wildman–Crippen LogP) is 1.27. The monoisotopic (exact) mass is 166 g/mol. The summed E-state index contributed by atoms with van der Waals surface area (Å²) in [5.74, 6) is -0.0324. The van der Waals surface area contributed by atoms with E-state index in [0.717, 1.165) is 0 Å². The number of nitrogens with zero attached hydrogens (tertiary/aromatic N) is 1. The lowest BCUT2D eigenvalue weighted by Crippen LogP contribution is -2.09. The third-order valence-electron chi connectivity index (χ3n) is 1.24. The Balaban J connectivity index is 4.14. The summed E-state index contributed by atoms with van der Waals surface area (Å²) in [5.41, 5.74) is 5.45. The third-order valence-corrected chi connectivity index (χ3v) is 1.24. The molecule has 0 aliphatic rings. The predicted molar refractivity (Wildman–Crippen MR) is 50.8 cm³/mol. The molecule has 12 heavy (non-hydrogen) atoms. The molecule has 0 saturated heterocycles. The zero-order valence-electron chi connectivity index (χ0n) is 7.45. The maximum atomic E-state index is 11.2. The smallest absolute Gasteiger partial charge is 0.166 e. The molecule has 0 aromatic carbocycles. The first-order chi connectivity index (χ1) is 5.59. The van der Waals surface area contributed by atoms with Crippen molar-refractivity contribution >= 4 is 12.0 Å². The lowest BCUT2D eigenvalue weighted by atomic mass is 10.0. The first-order valence-corrected chi connectivity index (χ1v) is 3.72. The number of ketones is 1. The van der Waals surface area contributed by atoms with Crippen molar-refractivity contribution in [3.8, 4) is 0 Å². The number of rotatable bonds is 4. The number of carbonyl (C=O) groups excluding carboxylic acids is 1. The van der Waals surface area contributed by atoms with Crippen molar-refractivity contribution in [1.29, 1.82) is 0 Å². The molecule has 0 aliphatic heterocycles. The lowest BCUT2D eigenvalue weighted by molar-refractivity contribution is -0.117. The maximum absolute atomic E-state index is 11.2. The van der Waals surface area contributed by atoms with Crippen molar-refractivity contribution in [3.05, 3.63) is 24.6 Å². The summed E-state index contributed by atoms with van der Waals surface area (Å²) < 4.78 is 0. The van der Waals surface area contributed by atoms with Crippen molar-refractivity contribution in [2.24, 2.45) is 16.6 Å². The van der Waals surface area contributed by atoms with Gasteiger partial charge in [0.25, 0.3) is 0 Å². The van der Waals surface area contributed by atoms with Gasteiger partial charge in [-0.15, -0.1) is 0 Å². The van der Waals surface area contributed by atoms with Crippen molar-refractivity contribution in [1.82, 2.24) is 0 Å². The molecule has 2 N–H and O–H groups in total. The fourth-order valence-corrected chi connectivity index (χ4v) is 0.617. The van der Waals surface area contributed by atoms with Gasteiger partial charge in [-0.1, -0.05) is 20.4 Å². The van der Waals surface area contributed by atoms with E-state index in [1.165, 1.54) is 18.6 Å². The zero-order chi connectivity index (χ0) is 9.56. The van der Waals surface area contributed by atoms with Crippen LogP contribution in [-0.2, 0) is 4.79 Å². The van der Waals surface area contributed by atoms with Gasteiger partial charge < -0.3 is 5.73 Å². The van der Waals surface area contributed by atoms with Gasteiger partial charge in [0.2, 0.25) is 0 Å². The van der Waals surface area contributed by atoms with Crippen molar-refractivity contribution in [3.63, 3.8) is 0 Å². The number of carbonyl (C=O) groups is 1. The van der Waals surface area contributed by atoms with E-state index < -0.39 is 0 Å². The molecule has 3 heteroatoms. The minimum absolute atomic E-state index is 0.00386. The van der Waals surface area contributed by atoms with Crippen LogP contribution in [0.25, 0.3) is 0 Å². The molecule has 0 aliphatic carbocycles. The summed E-state index contributed by atoms with van der Waals surface area (Å²) in [6.07, 6.45) is 4.11. The van der Waals surface area contributed by atoms with Crippen LogP contribution < -0.4 is 5.73 Å². The molecule has 0 aromatic heterocycles. The van der Waals surface area contributed by atoms with E-state index >= 15 is 0 Å². The number of hydrogen-bond acceptors (Lipinski definition) is 3. The van der Waals surface area contributed by atoms with Gasteiger partial charge in [-0.3, -0.25) is 9.79 Å². The Bertz CT molecular complexity index is 227. The average Bonchev–Trinajstić information content (AvgIpc) is 2.03. The number of aliphatic imine (C=N–C) groups is 1. The van der Waals surface area contributed by atoms with Crippen LogP contribution in [0.4, 0.5) is 0 Å². The molecule has 66 valence electrons. The molecule has 0 radical (unpaired) electrons. The zero-order valence-corrected chi connectivity index (χ0v) is 7.45. The molecule has 0 rings (SSSR count). The highest BCUT2D eigenvalue weighted by Gasteiger charge is 2.08. The quantitative estimate of drug-likeness (QED) is 0.505. The molecule has 0 amide bonds. The average molecular weight is 166 g/mol. The van der Waals surface area contributed by atoms with Crippen LogP contribution in [0.3, 0.4) is 0 Å². The van der Waals surface area contributed by atoms with Gasteiger partial charge in [-0.2, -0.15) is 0 Å². The highest BCUT2D eigenvalue weighted by Crippen LogP contribution is 2.01. The molecule has 0 spiro atoms. The van der Waals surface area contributed by atoms with Crippen LogP contribution in [0.15, 0.2) is 29.5 Å². The van der Waals surface area contributed by atoms with Crippen LogP contribution in [0.5, 0.6) is 0 Å². The standard InChI is InChI=1S/C9H14N2O/c1-7(2)9(12)8(3)6-11-5-4-10/h4-7H,3,10H2,1-2H3/b5-4-,11-6?. The first kappa shape index (κ1) is 10.6. The van der Waals surface area contributed by atoms with Gasteiger partial charge >= 0.3 is 0 Å². The summed E-state index contributed by atoms with van der Waals surface area (Å²) in [4.78, 5) is 14.9. The Morgan fingerprint density at radius 2 is 2.17 bits per heavy atom. The molecule has 0 atom stereocenters.